The second-order valence-electron chi connectivity index (χ2n) is 22.2. The minimum Gasteiger partial charge on any atom is -0.344 e. The lowest BCUT2D eigenvalue weighted by Gasteiger charge is -2.37. The molecule has 2 aliphatic heterocycles. The topological polar surface area (TPSA) is 139 Å². The lowest BCUT2D eigenvalue weighted by atomic mass is 9.76. The summed E-state index contributed by atoms with van der Waals surface area (Å²) < 4.78 is 28.4. The fraction of sp³-hybridized carbons (Fsp3) is 0.679. The Bertz CT molecular complexity index is 1910. The second-order valence-corrected chi connectivity index (χ2v) is 22.2. The molecule has 2 heterocycles. The summed E-state index contributed by atoms with van der Waals surface area (Å²) in [6.45, 7) is 19.9. The van der Waals surface area contributed by atoms with E-state index in [1.165, 1.54) is 24.3 Å². The number of likely N-dealkylation sites (tertiary alicyclic amines) is 2. The summed E-state index contributed by atoms with van der Waals surface area (Å²) in [6.07, 6.45) is 8.00. The highest BCUT2D eigenvalue weighted by Gasteiger charge is 2.42. The van der Waals surface area contributed by atoms with Crippen LogP contribution >= 0.6 is 0 Å². The molecule has 0 radical (unpaired) electrons. The summed E-state index contributed by atoms with van der Waals surface area (Å²) in [5.74, 6) is -1.86. The number of halogens is 2. The lowest BCUT2D eigenvalue weighted by Crippen LogP contribution is -2.57. The van der Waals surface area contributed by atoms with Gasteiger partial charge in [0, 0.05) is 82.5 Å². The zero-order valence-corrected chi connectivity index (χ0v) is 44.2. The number of carbonyl (C=O) groups is 6. The summed E-state index contributed by atoms with van der Waals surface area (Å²) in [7, 11) is 1.73. The van der Waals surface area contributed by atoms with Gasteiger partial charge in [-0.15, -0.1) is 0 Å². The van der Waals surface area contributed by atoms with Gasteiger partial charge in [-0.3, -0.25) is 28.8 Å². The first-order valence-electron chi connectivity index (χ1n) is 26.2. The van der Waals surface area contributed by atoms with Crippen LogP contribution in [0.5, 0.6) is 0 Å². The molecular weight excluding hydrogens is 891 g/mol. The average Bonchev–Trinajstić information content (AvgIpc) is 3.99. The number of amides is 5. The molecule has 2 aromatic rings. The van der Waals surface area contributed by atoms with Crippen molar-refractivity contribution < 1.29 is 37.5 Å². The molecule has 12 nitrogen and oxygen atoms in total. The predicted molar refractivity (Wildman–Crippen MR) is 272 cm³/mol. The molecule has 0 bridgehead atoms. The van der Waals surface area contributed by atoms with E-state index < -0.39 is 22.8 Å². The van der Waals surface area contributed by atoms with Gasteiger partial charge in [0.15, 0.2) is 0 Å². The molecule has 0 unspecified atom stereocenters. The maximum absolute atomic E-state index is 14.3. The van der Waals surface area contributed by atoms with Crippen molar-refractivity contribution in [2.75, 3.05) is 46.3 Å². The van der Waals surface area contributed by atoms with Gasteiger partial charge in [-0.1, -0.05) is 92.5 Å². The lowest BCUT2D eigenvalue weighted by molar-refractivity contribution is -0.144. The minimum absolute atomic E-state index is 0.0135. The second kappa shape index (κ2) is 27.2. The van der Waals surface area contributed by atoms with E-state index in [-0.39, 0.29) is 90.3 Å². The fourth-order valence-electron chi connectivity index (χ4n) is 9.70. The van der Waals surface area contributed by atoms with Gasteiger partial charge in [0.25, 0.3) is 0 Å². The molecule has 0 spiro atoms. The summed E-state index contributed by atoms with van der Waals surface area (Å²) in [5.41, 5.74) is 0.574. The number of hydrogen-bond acceptors (Lipinski definition) is 7. The number of rotatable bonds is 26. The molecule has 0 aliphatic carbocycles. The number of benzene rings is 2. The highest BCUT2D eigenvalue weighted by molar-refractivity contribution is 5.91. The van der Waals surface area contributed by atoms with Crippen molar-refractivity contribution in [1.82, 2.24) is 30.2 Å². The normalized spacial score (nSPS) is 18.0. The molecule has 6 atom stereocenters. The van der Waals surface area contributed by atoms with Gasteiger partial charge in [0.2, 0.25) is 29.5 Å². The monoisotopic (exact) mass is 977 g/mol. The Morgan fingerprint density at radius 3 is 1.59 bits per heavy atom. The zero-order valence-electron chi connectivity index (χ0n) is 44.2. The van der Waals surface area contributed by atoms with Crippen LogP contribution in [0.1, 0.15) is 150 Å². The first-order valence-corrected chi connectivity index (χ1v) is 26.2. The molecule has 2 aliphatic rings. The zero-order chi connectivity index (χ0) is 51.8. The van der Waals surface area contributed by atoms with Crippen molar-refractivity contribution in [3.8, 4) is 0 Å². The maximum Gasteiger partial charge on any atom is 0.246 e. The molecule has 390 valence electrons. The van der Waals surface area contributed by atoms with Crippen LogP contribution in [0.15, 0.2) is 48.5 Å². The van der Waals surface area contributed by atoms with Crippen LogP contribution in [-0.4, -0.2) is 125 Å². The van der Waals surface area contributed by atoms with Crippen LogP contribution in [0.4, 0.5) is 8.78 Å². The van der Waals surface area contributed by atoms with Crippen molar-refractivity contribution in [3.63, 3.8) is 0 Å². The predicted octanol–water partition coefficient (Wildman–Crippen LogP) is 8.54. The minimum atomic E-state index is -0.721. The summed E-state index contributed by atoms with van der Waals surface area (Å²) >= 11 is 0. The quantitative estimate of drug-likeness (QED) is 0.0902. The average molecular weight is 977 g/mol. The van der Waals surface area contributed by atoms with Crippen LogP contribution in [0.3, 0.4) is 0 Å². The highest BCUT2D eigenvalue weighted by atomic mass is 19.1. The Morgan fingerprint density at radius 2 is 1.17 bits per heavy atom. The van der Waals surface area contributed by atoms with Crippen LogP contribution in [0, 0.1) is 34.3 Å². The number of Topliss-reactive ketones (excluding diaryl/α,β-unsaturated/α-hetero) is 1. The van der Waals surface area contributed by atoms with Crippen molar-refractivity contribution >= 4 is 35.3 Å². The molecule has 0 aromatic heterocycles. The van der Waals surface area contributed by atoms with E-state index in [2.05, 4.69) is 10.6 Å². The van der Waals surface area contributed by atoms with Gasteiger partial charge in [0.05, 0.1) is 6.04 Å². The Labute approximate surface area is 418 Å². The van der Waals surface area contributed by atoms with Gasteiger partial charge >= 0.3 is 0 Å². The van der Waals surface area contributed by atoms with Crippen LogP contribution < -0.4 is 10.6 Å². The first kappa shape index (κ1) is 57.9. The summed E-state index contributed by atoms with van der Waals surface area (Å²) in [4.78, 5) is 90.1. The van der Waals surface area contributed by atoms with E-state index in [1.807, 2.05) is 87.1 Å². The van der Waals surface area contributed by atoms with Crippen molar-refractivity contribution in [1.29, 1.82) is 0 Å². The van der Waals surface area contributed by atoms with Crippen molar-refractivity contribution in [3.05, 3.63) is 71.3 Å². The van der Waals surface area contributed by atoms with E-state index in [4.69, 9.17) is 0 Å². The number of hydrogen-bond donors (Lipinski definition) is 2. The first-order chi connectivity index (χ1) is 33.0. The number of unbranched alkanes of at least 4 members (excludes halogenated alkanes) is 3. The molecule has 2 saturated heterocycles. The van der Waals surface area contributed by atoms with Crippen LogP contribution in [0.2, 0.25) is 0 Å². The number of nitrogens with one attached hydrogen (secondary N) is 2. The van der Waals surface area contributed by atoms with E-state index >= 15 is 0 Å². The van der Waals surface area contributed by atoms with Gasteiger partial charge < -0.3 is 30.2 Å². The number of likely N-dealkylation sites (N-methyl/N-ethyl adjacent to an activating group) is 1. The Kier molecular flexibility index (Phi) is 22.5. The van der Waals surface area contributed by atoms with Gasteiger partial charge in [-0.25, -0.2) is 8.78 Å². The van der Waals surface area contributed by atoms with E-state index in [1.54, 1.807) is 26.1 Å². The highest BCUT2D eigenvalue weighted by Crippen LogP contribution is 2.34. The maximum atomic E-state index is 14.3. The third kappa shape index (κ3) is 17.5. The SMILES string of the molecule is CC[C@@H](C)C(=O)N[C@H](C(=O)N1CCC[C@H]1CN(CCc1cccc(F)c1)C(=O)CCCCCCC(=O)N(CCc1cccc(F)c1)C[C@@H]1CCCN1C(=O)[C@@H](CC(=O)[C@H](C)NC)C(C)(C)C)C(C)(C)C. The fourth-order valence-corrected chi connectivity index (χ4v) is 9.70. The summed E-state index contributed by atoms with van der Waals surface area (Å²) in [5, 5.41) is 6.03. The molecule has 2 aromatic carbocycles. The number of ketones is 1. The molecule has 14 heteroatoms. The largest absolute Gasteiger partial charge is 0.344 e. The third-order valence-electron chi connectivity index (χ3n) is 14.7. The number of carbonyl (C=O) groups excluding carboxylic acids is 6. The van der Waals surface area contributed by atoms with Crippen molar-refractivity contribution in [2.24, 2.45) is 22.7 Å². The van der Waals surface area contributed by atoms with Crippen LogP contribution in [0.25, 0.3) is 0 Å². The van der Waals surface area contributed by atoms with E-state index in [0.29, 0.717) is 71.4 Å². The Hall–Kier alpha value is -4.72. The van der Waals surface area contributed by atoms with E-state index in [0.717, 1.165) is 49.7 Å². The molecule has 4 rings (SSSR count). The molecule has 0 saturated carbocycles. The van der Waals surface area contributed by atoms with Crippen LogP contribution in [-0.2, 0) is 41.6 Å². The molecule has 2 N–H and O–H groups in total. The summed E-state index contributed by atoms with van der Waals surface area (Å²) in [6, 6.07) is 11.3. The third-order valence-corrected chi connectivity index (χ3v) is 14.7. The smallest absolute Gasteiger partial charge is 0.246 e. The van der Waals surface area contributed by atoms with E-state index in [9.17, 15) is 37.5 Å². The Balaban J connectivity index is 1.40. The molecular formula is C56H86F2N6O6. The molecule has 2 fully saturated rings. The molecule has 70 heavy (non-hydrogen) atoms. The van der Waals surface area contributed by atoms with Gasteiger partial charge in [0.1, 0.15) is 23.5 Å². The number of nitrogens with zero attached hydrogens (tertiary/aromatic N) is 4. The molecule has 5 amide bonds. The van der Waals surface area contributed by atoms with Gasteiger partial charge in [-0.05, 0) is 118 Å². The Morgan fingerprint density at radius 1 is 0.700 bits per heavy atom. The van der Waals surface area contributed by atoms with Crippen molar-refractivity contribution in [2.45, 2.75) is 176 Å². The van der Waals surface area contributed by atoms with Gasteiger partial charge in [-0.2, -0.15) is 0 Å². The standard InChI is InChI=1S/C56H86F2N6O6/c1-11-39(2)52(68)60-51(56(7,8)9)54(70)64-31-19-25-46(64)38-62(33-29-42-21-17-23-44(58)35-42)50(67)27-15-13-12-14-26-49(66)61(32-28-41-20-16-22-43(57)34-41)37-45-24-18-30-63(45)53(69)47(55(4,5)6)36-48(65)40(3)59-10/h16-17,20-23,34-35,39-40,45-47,51,59H,11-15,18-19,24-33,36-38H2,1-10H3,(H,60,68)/t39-,40+,45+,46+,47-,51-/m1/s1.